The second-order valence-electron chi connectivity index (χ2n) is 7.03. The molecule has 0 heterocycles. The fraction of sp³-hybridized carbons (Fsp3) is 0.125. The number of hydrazone groups is 1. The third-order valence-electron chi connectivity index (χ3n) is 4.52. The second kappa shape index (κ2) is 12.8. The molecule has 0 aliphatic carbocycles. The van der Waals surface area contributed by atoms with E-state index in [1.165, 1.54) is 30.5 Å². The molecule has 0 aliphatic rings. The molecule has 3 rings (SSSR count). The van der Waals surface area contributed by atoms with E-state index in [1.807, 2.05) is 0 Å². The van der Waals surface area contributed by atoms with E-state index in [0.29, 0.717) is 32.6 Å². The van der Waals surface area contributed by atoms with Crippen molar-refractivity contribution in [2.24, 2.45) is 5.10 Å². The lowest BCUT2D eigenvalue weighted by Gasteiger charge is -2.15. The number of ether oxygens (including phenoxy) is 2. The Morgan fingerprint density at radius 1 is 1.06 bits per heavy atom. The van der Waals surface area contributed by atoms with Crippen LogP contribution >= 0.6 is 43.5 Å². The van der Waals surface area contributed by atoms with E-state index < -0.39 is 23.4 Å². The van der Waals surface area contributed by atoms with Crippen LogP contribution in [0.3, 0.4) is 0 Å². The molecule has 0 fully saturated rings. The predicted octanol–water partition coefficient (Wildman–Crippen LogP) is 6.21. The first-order valence-corrected chi connectivity index (χ1v) is 12.3. The van der Waals surface area contributed by atoms with Crippen LogP contribution in [0.2, 0.25) is 5.02 Å². The number of halogens is 5. The van der Waals surface area contributed by atoms with Crippen LogP contribution in [0.4, 0.5) is 14.5 Å². The summed E-state index contributed by atoms with van der Waals surface area (Å²) < 4.78 is 40.3. The van der Waals surface area contributed by atoms with Gasteiger partial charge in [0.05, 0.1) is 28.0 Å². The number of nitrogens with zero attached hydrogens (tertiary/aromatic N) is 1. The van der Waals surface area contributed by atoms with Gasteiger partial charge in [-0.25, -0.2) is 14.2 Å². The van der Waals surface area contributed by atoms with Crippen LogP contribution in [-0.2, 0) is 16.2 Å². The Morgan fingerprint density at radius 2 is 1.83 bits per heavy atom. The minimum Gasteiger partial charge on any atom is -0.490 e. The maximum Gasteiger partial charge on any atom is 0.329 e. The summed E-state index contributed by atoms with van der Waals surface area (Å²) in [7, 11) is 0. The first kappa shape index (κ1) is 27.6. The van der Waals surface area contributed by atoms with Crippen molar-refractivity contribution in [3.05, 3.63) is 85.3 Å². The minimum atomic E-state index is -1.10. The molecule has 0 saturated heterocycles. The summed E-state index contributed by atoms with van der Waals surface area (Å²) in [5, 5.41) is 6.15. The second-order valence-corrected chi connectivity index (χ2v) is 9.21. The average molecular weight is 646 g/mol. The summed E-state index contributed by atoms with van der Waals surface area (Å²) in [6.07, 6.45) is 1.27. The molecule has 0 aromatic heterocycles. The van der Waals surface area contributed by atoms with Gasteiger partial charge >= 0.3 is 11.8 Å². The number of hydrogen-bond acceptors (Lipinski definition) is 5. The van der Waals surface area contributed by atoms with E-state index in [2.05, 4.69) is 47.7 Å². The van der Waals surface area contributed by atoms with Crippen molar-refractivity contribution >= 4 is 67.2 Å². The van der Waals surface area contributed by atoms with Crippen LogP contribution in [0, 0.1) is 11.6 Å². The smallest absolute Gasteiger partial charge is 0.329 e. The van der Waals surface area contributed by atoms with Gasteiger partial charge in [0, 0.05) is 10.0 Å². The van der Waals surface area contributed by atoms with Crippen LogP contribution in [-0.4, -0.2) is 24.6 Å². The highest BCUT2D eigenvalue weighted by Gasteiger charge is 2.17. The van der Waals surface area contributed by atoms with Gasteiger partial charge < -0.3 is 14.8 Å². The van der Waals surface area contributed by atoms with Gasteiger partial charge in [-0.1, -0.05) is 33.6 Å². The Labute approximate surface area is 227 Å². The van der Waals surface area contributed by atoms with Gasteiger partial charge in [0.25, 0.3) is 0 Å². The van der Waals surface area contributed by atoms with E-state index in [9.17, 15) is 18.4 Å². The predicted molar refractivity (Wildman–Crippen MR) is 140 cm³/mol. The van der Waals surface area contributed by atoms with E-state index in [-0.39, 0.29) is 22.9 Å². The molecule has 3 aromatic rings. The fourth-order valence-corrected chi connectivity index (χ4v) is 3.99. The van der Waals surface area contributed by atoms with Gasteiger partial charge in [0.1, 0.15) is 18.2 Å². The molecular formula is C24H18Br2ClF2N3O4. The maximum atomic E-state index is 14.1. The molecule has 3 aromatic carbocycles. The van der Waals surface area contributed by atoms with Crippen molar-refractivity contribution in [1.29, 1.82) is 0 Å². The Balaban J connectivity index is 1.68. The van der Waals surface area contributed by atoms with Crippen molar-refractivity contribution in [3.8, 4) is 11.5 Å². The number of rotatable bonds is 8. The number of benzene rings is 3. The molecular weight excluding hydrogens is 628 g/mol. The summed E-state index contributed by atoms with van der Waals surface area (Å²) >= 11 is 12.6. The highest BCUT2D eigenvalue weighted by molar-refractivity contribution is 9.10. The molecule has 36 heavy (non-hydrogen) atoms. The van der Waals surface area contributed by atoms with Crippen LogP contribution < -0.4 is 20.2 Å². The number of hydrogen-bond donors (Lipinski definition) is 2. The summed E-state index contributed by atoms with van der Waals surface area (Å²) in [6.45, 7) is 1.95. The van der Waals surface area contributed by atoms with Crippen LogP contribution in [0.15, 0.2) is 62.6 Å². The molecule has 0 spiro atoms. The van der Waals surface area contributed by atoms with Gasteiger partial charge in [0.2, 0.25) is 0 Å². The van der Waals surface area contributed by atoms with Crippen LogP contribution in [0.5, 0.6) is 11.5 Å². The van der Waals surface area contributed by atoms with Crippen molar-refractivity contribution < 1.29 is 27.8 Å². The number of carbonyl (C=O) groups is 2. The highest BCUT2D eigenvalue weighted by atomic mass is 79.9. The zero-order chi connectivity index (χ0) is 26.2. The largest absolute Gasteiger partial charge is 0.490 e. The molecule has 7 nitrogen and oxygen atoms in total. The number of anilines is 1. The lowest BCUT2D eigenvalue weighted by molar-refractivity contribution is -0.136. The van der Waals surface area contributed by atoms with Gasteiger partial charge in [-0.3, -0.25) is 9.59 Å². The fourth-order valence-electron chi connectivity index (χ4n) is 2.87. The molecule has 0 radical (unpaired) electrons. The molecule has 188 valence electrons. The van der Waals surface area contributed by atoms with E-state index >= 15 is 0 Å². The zero-order valence-corrected chi connectivity index (χ0v) is 22.5. The molecule has 0 aliphatic heterocycles. The van der Waals surface area contributed by atoms with Gasteiger partial charge in [-0.15, -0.1) is 0 Å². The van der Waals surface area contributed by atoms with Crippen LogP contribution in [0.1, 0.15) is 18.1 Å². The minimum absolute atomic E-state index is 0.137. The normalized spacial score (nSPS) is 10.8. The van der Waals surface area contributed by atoms with Crippen molar-refractivity contribution in [1.82, 2.24) is 5.43 Å². The molecule has 0 unspecified atom stereocenters. The lowest BCUT2D eigenvalue weighted by Crippen LogP contribution is -2.32. The first-order chi connectivity index (χ1) is 17.2. The van der Waals surface area contributed by atoms with E-state index in [4.69, 9.17) is 21.1 Å². The Morgan fingerprint density at radius 3 is 2.53 bits per heavy atom. The standard InChI is InChI=1S/C24H18Br2ClF2N3O4/c1-2-35-21-9-13(8-16(26)22(21)36-12-15-17(27)4-3-5-18(15)28)11-30-32-24(34)23(33)31-20-7-6-14(25)10-19(20)29/h3-11H,2,12H2,1H3,(H,31,33)(H,32,34)/b30-11+. The highest BCUT2D eigenvalue weighted by Crippen LogP contribution is 2.37. The topological polar surface area (TPSA) is 89.0 Å². The Bertz CT molecular complexity index is 1300. The van der Waals surface area contributed by atoms with E-state index in [1.54, 1.807) is 25.1 Å². The van der Waals surface area contributed by atoms with Crippen molar-refractivity contribution in [3.63, 3.8) is 0 Å². The molecule has 2 N–H and O–H groups in total. The number of carbonyl (C=O) groups excluding carboxylic acids is 2. The number of nitrogens with one attached hydrogen (secondary N) is 2. The molecule has 12 heteroatoms. The van der Waals surface area contributed by atoms with Gasteiger partial charge in [-0.05, 0) is 70.9 Å². The lowest BCUT2D eigenvalue weighted by atomic mass is 10.2. The third-order valence-corrected chi connectivity index (χ3v) is 5.96. The zero-order valence-electron chi connectivity index (χ0n) is 18.6. The van der Waals surface area contributed by atoms with Crippen molar-refractivity contribution in [2.45, 2.75) is 13.5 Å². The molecule has 0 saturated carbocycles. The van der Waals surface area contributed by atoms with Gasteiger partial charge in [0.15, 0.2) is 11.5 Å². The summed E-state index contributed by atoms with van der Waals surface area (Å²) in [5.41, 5.74) is 2.60. The summed E-state index contributed by atoms with van der Waals surface area (Å²) in [5.74, 6) is -2.76. The Hall–Kier alpha value is -3.02. The average Bonchev–Trinajstić information content (AvgIpc) is 2.82. The first-order valence-electron chi connectivity index (χ1n) is 10.3. The monoisotopic (exact) mass is 643 g/mol. The van der Waals surface area contributed by atoms with E-state index in [0.717, 1.165) is 6.07 Å². The molecule has 2 amide bonds. The van der Waals surface area contributed by atoms with Crippen LogP contribution in [0.25, 0.3) is 0 Å². The summed E-state index contributed by atoms with van der Waals surface area (Å²) in [6, 6.07) is 11.5. The SMILES string of the molecule is CCOc1cc(/C=N/NC(=O)C(=O)Nc2ccc(Br)cc2F)cc(Br)c1OCc1c(F)cccc1Cl. The quantitative estimate of drug-likeness (QED) is 0.173. The number of amides is 2. The molecule has 0 bridgehead atoms. The van der Waals surface area contributed by atoms with Crippen molar-refractivity contribution in [2.75, 3.05) is 11.9 Å². The third kappa shape index (κ3) is 7.25. The maximum absolute atomic E-state index is 14.1. The molecule has 0 atom stereocenters. The summed E-state index contributed by atoms with van der Waals surface area (Å²) in [4.78, 5) is 24.0. The Kier molecular flexibility index (Phi) is 9.80. The van der Waals surface area contributed by atoms with Gasteiger partial charge in [-0.2, -0.15) is 5.10 Å².